The van der Waals surface area contributed by atoms with Crippen LogP contribution in [-0.2, 0) is 15.6 Å². The predicted octanol–water partition coefficient (Wildman–Crippen LogP) is 8.82. The Morgan fingerprint density at radius 2 is 1.33 bits per heavy atom. The second kappa shape index (κ2) is 14.5. The zero-order valence-corrected chi connectivity index (χ0v) is 22.3. The minimum absolute atomic E-state index is 0. The normalized spacial score (nSPS) is 12.9. The van der Waals surface area contributed by atoms with E-state index < -0.39 is 5.97 Å². The minimum Gasteiger partial charge on any atom is -0.477 e. The maximum absolute atomic E-state index is 11.0. The highest BCUT2D eigenvalue weighted by Gasteiger charge is 2.17. The lowest BCUT2D eigenvalue weighted by molar-refractivity contribution is -0.114. The van der Waals surface area contributed by atoms with Crippen LogP contribution in [0.25, 0.3) is 0 Å². The van der Waals surface area contributed by atoms with Gasteiger partial charge in [0.1, 0.15) is 5.69 Å². The number of hydrogen-bond acceptors (Lipinski definition) is 3. The van der Waals surface area contributed by atoms with Crippen LogP contribution in [0.15, 0.2) is 72.5 Å². The molecule has 0 fully saturated rings. The molecule has 1 aromatic carbocycles. The lowest BCUT2D eigenvalue weighted by Crippen LogP contribution is -2.13. The van der Waals surface area contributed by atoms with Gasteiger partial charge in [-0.25, -0.2) is 9.78 Å². The van der Waals surface area contributed by atoms with Crippen LogP contribution < -0.4 is 0 Å². The van der Waals surface area contributed by atoms with Crippen molar-refractivity contribution in [3.8, 4) is 0 Å². The molecule has 0 atom stereocenters. The Morgan fingerprint density at radius 1 is 0.806 bits per heavy atom. The molecule has 0 radical (unpaired) electrons. The van der Waals surface area contributed by atoms with Crippen LogP contribution >= 0.6 is 0 Å². The van der Waals surface area contributed by atoms with Gasteiger partial charge in [0, 0.05) is 12.6 Å². The van der Waals surface area contributed by atoms with Crippen molar-refractivity contribution in [1.29, 1.82) is 0 Å². The average molecular weight is 496 g/mol. The van der Waals surface area contributed by atoms with Crippen LogP contribution in [0.4, 0.5) is 0 Å². The molecular formula is C32H49NO3. The fourth-order valence-electron chi connectivity index (χ4n) is 3.00. The number of rotatable bonds is 1. The summed E-state index contributed by atoms with van der Waals surface area (Å²) in [5, 5.41) is 8.71. The van der Waals surface area contributed by atoms with Gasteiger partial charge < -0.3 is 5.11 Å². The predicted molar refractivity (Wildman–Crippen MR) is 155 cm³/mol. The second-order valence-corrected chi connectivity index (χ2v) is 11.5. The first kappa shape index (κ1) is 35.2. The highest BCUT2D eigenvalue weighted by atomic mass is 16.4. The van der Waals surface area contributed by atoms with Crippen LogP contribution in [0.2, 0.25) is 0 Å². The first-order chi connectivity index (χ1) is 15.5. The topological polar surface area (TPSA) is 67.3 Å². The quantitative estimate of drug-likeness (QED) is 0.429. The summed E-state index contributed by atoms with van der Waals surface area (Å²) >= 11 is 0. The van der Waals surface area contributed by atoms with Crippen molar-refractivity contribution in [3.05, 3.63) is 89.3 Å². The van der Waals surface area contributed by atoms with Gasteiger partial charge in [-0.2, -0.15) is 0 Å². The molecule has 0 saturated carbocycles. The highest BCUT2D eigenvalue weighted by Crippen LogP contribution is 2.28. The van der Waals surface area contributed by atoms with Crippen molar-refractivity contribution < 1.29 is 14.7 Å². The average Bonchev–Trinajstić information content (AvgIpc) is 2.74. The summed E-state index contributed by atoms with van der Waals surface area (Å²) < 4.78 is 0. The summed E-state index contributed by atoms with van der Waals surface area (Å²) in [4.78, 5) is 25.4. The molecule has 200 valence electrons. The molecule has 4 nitrogen and oxygen atoms in total. The number of allylic oxidation sites excluding steroid dienone is 4. The number of ketones is 1. The summed E-state index contributed by atoms with van der Waals surface area (Å²) in [6.07, 6.45) is 7.83. The van der Waals surface area contributed by atoms with Crippen molar-refractivity contribution in [2.45, 2.75) is 94.4 Å². The largest absolute Gasteiger partial charge is 0.477 e. The van der Waals surface area contributed by atoms with Gasteiger partial charge in [-0.15, -0.1) is 0 Å². The number of carboxylic acids is 1. The summed E-state index contributed by atoms with van der Waals surface area (Å²) in [5.41, 5.74) is 3.98. The molecule has 3 rings (SSSR count). The number of carboxylic acid groups (broad SMARTS) is 1. The zero-order valence-electron chi connectivity index (χ0n) is 22.3. The van der Waals surface area contributed by atoms with E-state index in [1.165, 1.54) is 11.8 Å². The first-order valence-electron chi connectivity index (χ1n) is 11.7. The number of aromatic carboxylic acids is 1. The van der Waals surface area contributed by atoms with Gasteiger partial charge in [0.05, 0.1) is 0 Å². The molecule has 4 heteroatoms. The molecule has 0 unspecified atom stereocenters. The number of nitrogens with zero attached hydrogens (tertiary/aromatic N) is 1. The molecule has 1 aromatic heterocycles. The summed E-state index contributed by atoms with van der Waals surface area (Å²) in [7, 11) is 0. The van der Waals surface area contributed by atoms with Gasteiger partial charge >= 0.3 is 5.97 Å². The molecular weight excluding hydrogens is 446 g/mol. The summed E-state index contributed by atoms with van der Waals surface area (Å²) in [6, 6.07) is 14.0. The molecule has 2 aromatic rings. The van der Waals surface area contributed by atoms with E-state index in [1.54, 1.807) is 12.1 Å². The van der Waals surface area contributed by atoms with E-state index in [1.807, 2.05) is 39.0 Å². The van der Waals surface area contributed by atoms with E-state index in [2.05, 4.69) is 76.9 Å². The van der Waals surface area contributed by atoms with E-state index in [9.17, 15) is 9.59 Å². The van der Waals surface area contributed by atoms with E-state index in [-0.39, 0.29) is 37.2 Å². The Kier molecular flexibility index (Phi) is 14.2. The Bertz CT molecular complexity index is 1010. The van der Waals surface area contributed by atoms with Crippen molar-refractivity contribution in [2.24, 2.45) is 5.41 Å². The van der Waals surface area contributed by atoms with Crippen molar-refractivity contribution in [2.75, 3.05) is 0 Å². The van der Waals surface area contributed by atoms with E-state index >= 15 is 0 Å². The van der Waals surface area contributed by atoms with Gasteiger partial charge in [0.2, 0.25) is 0 Å². The number of hydrogen-bond donors (Lipinski definition) is 1. The van der Waals surface area contributed by atoms with Gasteiger partial charge in [-0.3, -0.25) is 4.79 Å². The second-order valence-electron chi connectivity index (χ2n) is 11.5. The number of carbonyl (C=O) groups excluding carboxylic acids is 1. The van der Waals surface area contributed by atoms with Crippen LogP contribution in [0.1, 0.15) is 105 Å². The molecule has 1 N–H and O–H groups in total. The Balaban J connectivity index is 0. The third-order valence-electron chi connectivity index (χ3n) is 5.28. The van der Waals surface area contributed by atoms with Crippen molar-refractivity contribution >= 4 is 11.8 Å². The first-order valence-corrected chi connectivity index (χ1v) is 11.7. The monoisotopic (exact) mass is 495 g/mol. The number of benzene rings is 1. The lowest BCUT2D eigenvalue weighted by Gasteiger charge is -2.21. The van der Waals surface area contributed by atoms with Gasteiger partial charge in [-0.05, 0) is 51.2 Å². The van der Waals surface area contributed by atoms with Gasteiger partial charge in [0.15, 0.2) is 5.78 Å². The van der Waals surface area contributed by atoms with Crippen LogP contribution in [0, 0.1) is 5.41 Å². The molecule has 0 aliphatic heterocycles. The molecule has 1 heterocycles. The van der Waals surface area contributed by atoms with E-state index in [0.717, 1.165) is 11.1 Å². The Hall–Kier alpha value is -3.01. The van der Waals surface area contributed by atoms with Gasteiger partial charge in [-0.1, -0.05) is 120 Å². The molecule has 0 amide bonds. The number of carbonyl (C=O) groups is 2. The minimum atomic E-state index is -0.980. The number of aromatic nitrogens is 1. The standard InChI is InChI=1S/C10H13NO2.C10H14O.C10H14.2CH4/c1-10(2,3)7-4-5-11-8(6-7)9(12)13;1-10(2,3)8-5-4-6-9(11)7-8;1-10(2,3)9-7-5-4-6-8-9;;/h4-6H,1-3H3,(H,12,13);4-5,7H,6H2,1-3H3;4-8H,1-3H3;2*1H4. The lowest BCUT2D eigenvalue weighted by atomic mass is 9.83. The van der Waals surface area contributed by atoms with Crippen molar-refractivity contribution in [3.63, 3.8) is 0 Å². The maximum atomic E-state index is 11.0. The number of pyridine rings is 1. The maximum Gasteiger partial charge on any atom is 0.354 e. The summed E-state index contributed by atoms with van der Waals surface area (Å²) in [5.74, 6) is -0.761. The molecule has 0 bridgehead atoms. The molecule has 36 heavy (non-hydrogen) atoms. The van der Waals surface area contributed by atoms with Crippen LogP contribution in [0.3, 0.4) is 0 Å². The molecule has 0 spiro atoms. The molecule has 0 saturated heterocycles. The van der Waals surface area contributed by atoms with E-state index in [4.69, 9.17) is 5.11 Å². The fourth-order valence-corrected chi connectivity index (χ4v) is 3.00. The smallest absolute Gasteiger partial charge is 0.354 e. The Morgan fingerprint density at radius 3 is 1.69 bits per heavy atom. The van der Waals surface area contributed by atoms with Crippen LogP contribution in [-0.4, -0.2) is 21.8 Å². The molecule has 1 aliphatic rings. The third-order valence-corrected chi connectivity index (χ3v) is 5.28. The highest BCUT2D eigenvalue weighted by molar-refractivity contribution is 5.93. The third kappa shape index (κ3) is 12.6. The van der Waals surface area contributed by atoms with Crippen LogP contribution in [0.5, 0.6) is 0 Å². The molecule has 1 aliphatic carbocycles. The fraction of sp³-hybridized carbons (Fsp3) is 0.469. The SMILES string of the molecule is C.C.CC(C)(C)C1=CC(=O)CC=C1.CC(C)(C)c1ccccc1.CC(C)(C)c1ccnc(C(=O)O)c1. The zero-order chi connectivity index (χ0) is 26.2. The van der Waals surface area contributed by atoms with Crippen molar-refractivity contribution in [1.82, 2.24) is 4.98 Å². The Labute approximate surface area is 220 Å². The summed E-state index contributed by atoms with van der Waals surface area (Å²) in [6.45, 7) is 19.1. The van der Waals surface area contributed by atoms with Gasteiger partial charge in [0.25, 0.3) is 0 Å². The van der Waals surface area contributed by atoms with E-state index in [0.29, 0.717) is 11.8 Å².